The van der Waals surface area contributed by atoms with Crippen molar-refractivity contribution in [1.82, 2.24) is 4.98 Å². The van der Waals surface area contributed by atoms with Crippen LogP contribution in [-0.4, -0.2) is 28.3 Å². The van der Waals surface area contributed by atoms with E-state index < -0.39 is 29.3 Å². The van der Waals surface area contributed by atoms with Crippen molar-refractivity contribution >= 4 is 27.6 Å². The van der Waals surface area contributed by atoms with Crippen molar-refractivity contribution in [1.29, 1.82) is 0 Å². The van der Waals surface area contributed by atoms with E-state index in [1.165, 1.54) is 13.0 Å². The van der Waals surface area contributed by atoms with Gasteiger partial charge in [-0.3, -0.25) is 4.98 Å². The fraction of sp³-hybridized carbons (Fsp3) is 0.310. The molecule has 2 heterocycles. The van der Waals surface area contributed by atoms with Crippen molar-refractivity contribution in [3.05, 3.63) is 70.4 Å². The first-order chi connectivity index (χ1) is 17.0. The van der Waals surface area contributed by atoms with E-state index in [0.717, 1.165) is 10.9 Å². The van der Waals surface area contributed by atoms with Crippen LogP contribution in [0.1, 0.15) is 49.1 Å². The Hall–Kier alpha value is -3.58. The highest BCUT2D eigenvalue weighted by Crippen LogP contribution is 2.46. The summed E-state index contributed by atoms with van der Waals surface area (Å²) in [5.74, 6) is -1.90. The lowest BCUT2D eigenvalue weighted by atomic mass is 9.85. The van der Waals surface area contributed by atoms with Crippen LogP contribution >= 0.6 is 0 Å². The second kappa shape index (κ2) is 8.52. The molecule has 1 atom stereocenters. The van der Waals surface area contributed by atoms with E-state index in [0.29, 0.717) is 46.5 Å². The van der Waals surface area contributed by atoms with E-state index in [1.54, 1.807) is 52.1 Å². The third-order valence-corrected chi connectivity index (χ3v) is 6.61. The summed E-state index contributed by atoms with van der Waals surface area (Å²) in [6, 6.07) is 8.36. The number of pyridine rings is 1. The molecule has 1 aliphatic rings. The average molecular weight is 492 g/mol. The SMILES string of the molecule is Cc1cc2c(F)c(C)c(F)cc2c(-c2ccc3c4c(ccnc24)CCO3)c1C(OC(C)(C)C)C(=O)O. The van der Waals surface area contributed by atoms with Crippen LogP contribution in [-0.2, 0) is 16.0 Å². The standard InChI is InChI=1S/C29H27F2NO4/c1-14-12-19-18(13-20(30)15(2)25(19)31)24(22(14)27(28(33)34)36-29(3,4)5)17-6-7-21-23-16(9-11-35-21)8-10-32-26(17)23/h6-8,10,12-13,27H,9,11H2,1-5H3,(H,33,34). The van der Waals surface area contributed by atoms with Crippen LogP contribution in [0.4, 0.5) is 8.78 Å². The maximum Gasteiger partial charge on any atom is 0.337 e. The number of aromatic nitrogens is 1. The summed E-state index contributed by atoms with van der Waals surface area (Å²) in [5.41, 5.74) is 2.57. The second-order valence-corrected chi connectivity index (χ2v) is 10.2. The minimum absolute atomic E-state index is 0.0928. The van der Waals surface area contributed by atoms with Crippen LogP contribution in [0.5, 0.6) is 5.75 Å². The number of nitrogens with zero attached hydrogens (tertiary/aromatic N) is 1. The van der Waals surface area contributed by atoms with Crippen LogP contribution in [0.15, 0.2) is 36.5 Å². The van der Waals surface area contributed by atoms with Crippen LogP contribution in [0.2, 0.25) is 0 Å². The molecule has 5 nitrogen and oxygen atoms in total. The molecule has 7 heteroatoms. The number of fused-ring (bicyclic) bond motifs is 1. The molecule has 0 bridgehead atoms. The predicted octanol–water partition coefficient (Wildman–Crippen LogP) is 6.83. The van der Waals surface area contributed by atoms with Gasteiger partial charge >= 0.3 is 5.97 Å². The lowest BCUT2D eigenvalue weighted by Gasteiger charge is -2.29. The molecule has 1 aliphatic heterocycles. The van der Waals surface area contributed by atoms with Crippen LogP contribution < -0.4 is 4.74 Å². The Morgan fingerprint density at radius 3 is 2.58 bits per heavy atom. The molecule has 0 fully saturated rings. The first-order valence-corrected chi connectivity index (χ1v) is 11.8. The number of benzene rings is 3. The fourth-order valence-corrected chi connectivity index (χ4v) is 5.04. The van der Waals surface area contributed by atoms with Gasteiger partial charge < -0.3 is 14.6 Å². The summed E-state index contributed by atoms with van der Waals surface area (Å²) < 4.78 is 42.2. The quantitative estimate of drug-likeness (QED) is 0.339. The van der Waals surface area contributed by atoms with E-state index in [1.807, 2.05) is 6.07 Å². The number of aliphatic carboxylic acids is 1. The maximum absolute atomic E-state index is 15.4. The molecule has 0 aliphatic carbocycles. The third kappa shape index (κ3) is 3.88. The van der Waals surface area contributed by atoms with Gasteiger partial charge in [-0.1, -0.05) is 0 Å². The molecule has 0 radical (unpaired) electrons. The fourth-order valence-electron chi connectivity index (χ4n) is 5.04. The van der Waals surface area contributed by atoms with Crippen molar-refractivity contribution in [2.75, 3.05) is 6.61 Å². The molecule has 186 valence electrons. The molecular weight excluding hydrogens is 464 g/mol. The summed E-state index contributed by atoms with van der Waals surface area (Å²) in [4.78, 5) is 17.2. The van der Waals surface area contributed by atoms with Gasteiger partial charge in [-0.2, -0.15) is 0 Å². The van der Waals surface area contributed by atoms with E-state index in [4.69, 9.17) is 9.47 Å². The van der Waals surface area contributed by atoms with E-state index in [-0.39, 0.29) is 16.3 Å². The van der Waals surface area contributed by atoms with Gasteiger partial charge in [0.1, 0.15) is 17.4 Å². The Balaban J connectivity index is 1.97. The highest BCUT2D eigenvalue weighted by molar-refractivity contribution is 6.09. The van der Waals surface area contributed by atoms with Crippen LogP contribution in [0.3, 0.4) is 0 Å². The van der Waals surface area contributed by atoms with Gasteiger partial charge in [-0.15, -0.1) is 0 Å². The molecule has 0 spiro atoms. The first kappa shape index (κ1) is 24.1. The third-order valence-electron chi connectivity index (χ3n) is 6.61. The molecule has 5 rings (SSSR count). The number of rotatable bonds is 4. The minimum Gasteiger partial charge on any atom is -0.493 e. The van der Waals surface area contributed by atoms with Crippen molar-refractivity contribution in [3.8, 4) is 16.9 Å². The summed E-state index contributed by atoms with van der Waals surface area (Å²) in [6.45, 7) is 8.95. The number of carboxylic acids is 1. The second-order valence-electron chi connectivity index (χ2n) is 10.2. The van der Waals surface area contributed by atoms with Crippen molar-refractivity contribution in [2.24, 2.45) is 0 Å². The Morgan fingerprint density at radius 1 is 1.14 bits per heavy atom. The van der Waals surface area contributed by atoms with E-state index in [2.05, 4.69) is 4.98 Å². The highest BCUT2D eigenvalue weighted by atomic mass is 19.1. The Morgan fingerprint density at radius 2 is 1.89 bits per heavy atom. The van der Waals surface area contributed by atoms with Gasteiger partial charge in [0.25, 0.3) is 0 Å². The van der Waals surface area contributed by atoms with Crippen molar-refractivity contribution < 1.29 is 28.2 Å². The number of hydrogen-bond acceptors (Lipinski definition) is 4. The highest BCUT2D eigenvalue weighted by Gasteiger charge is 2.33. The normalized spacial score (nSPS) is 14.2. The number of halogens is 2. The maximum atomic E-state index is 15.4. The Bertz CT molecular complexity index is 1550. The largest absolute Gasteiger partial charge is 0.493 e. The van der Waals surface area contributed by atoms with E-state index in [9.17, 15) is 14.3 Å². The smallest absolute Gasteiger partial charge is 0.337 e. The minimum atomic E-state index is -1.38. The topological polar surface area (TPSA) is 68.7 Å². The number of carbonyl (C=O) groups is 1. The zero-order chi connectivity index (χ0) is 25.9. The summed E-state index contributed by atoms with van der Waals surface area (Å²) in [5, 5.41) is 11.5. The number of carboxylic acid groups (broad SMARTS) is 1. The monoisotopic (exact) mass is 491 g/mol. The van der Waals surface area contributed by atoms with Gasteiger partial charge in [0.05, 0.1) is 17.7 Å². The molecule has 3 aromatic carbocycles. The molecule has 1 aromatic heterocycles. The van der Waals surface area contributed by atoms with Crippen molar-refractivity contribution in [2.45, 2.75) is 52.7 Å². The molecule has 0 amide bonds. The lowest BCUT2D eigenvalue weighted by Crippen LogP contribution is -2.28. The van der Waals surface area contributed by atoms with Gasteiger partial charge in [0.15, 0.2) is 6.10 Å². The molecular formula is C29H27F2NO4. The lowest BCUT2D eigenvalue weighted by molar-refractivity contribution is -0.160. The summed E-state index contributed by atoms with van der Waals surface area (Å²) >= 11 is 0. The number of aryl methyl sites for hydroxylation is 1. The van der Waals surface area contributed by atoms with Gasteiger partial charge in [-0.05, 0) is 87.0 Å². The van der Waals surface area contributed by atoms with Crippen LogP contribution in [0, 0.1) is 25.5 Å². The van der Waals surface area contributed by atoms with E-state index >= 15 is 4.39 Å². The van der Waals surface area contributed by atoms with Gasteiger partial charge in [-0.25, -0.2) is 13.6 Å². The van der Waals surface area contributed by atoms with Gasteiger partial charge in [0.2, 0.25) is 0 Å². The number of hydrogen-bond donors (Lipinski definition) is 1. The zero-order valence-corrected chi connectivity index (χ0v) is 20.8. The molecule has 0 saturated carbocycles. The average Bonchev–Trinajstić information content (AvgIpc) is 2.81. The molecule has 0 saturated heterocycles. The number of ether oxygens (including phenoxy) is 2. The Kier molecular flexibility index (Phi) is 5.71. The zero-order valence-electron chi connectivity index (χ0n) is 20.8. The predicted molar refractivity (Wildman–Crippen MR) is 134 cm³/mol. The molecule has 36 heavy (non-hydrogen) atoms. The van der Waals surface area contributed by atoms with Crippen molar-refractivity contribution in [3.63, 3.8) is 0 Å². The Labute approximate surface area is 207 Å². The molecule has 1 N–H and O–H groups in total. The van der Waals surface area contributed by atoms with Crippen LogP contribution in [0.25, 0.3) is 32.8 Å². The summed E-state index contributed by atoms with van der Waals surface area (Å²) in [6.07, 6.45) is 1.02. The van der Waals surface area contributed by atoms with Gasteiger partial charge in [0, 0.05) is 40.1 Å². The summed E-state index contributed by atoms with van der Waals surface area (Å²) in [7, 11) is 0. The molecule has 1 unspecified atom stereocenters. The first-order valence-electron chi connectivity index (χ1n) is 11.8. The molecule has 4 aromatic rings.